The van der Waals surface area contributed by atoms with Crippen LogP contribution in [0.1, 0.15) is 17.2 Å². The molecule has 4 rings (SSSR count). The number of rotatable bonds is 6. The lowest BCUT2D eigenvalue weighted by atomic mass is 9.89. The van der Waals surface area contributed by atoms with Crippen LogP contribution in [0.3, 0.4) is 0 Å². The van der Waals surface area contributed by atoms with Gasteiger partial charge in [0.2, 0.25) is 0 Å². The van der Waals surface area contributed by atoms with Crippen molar-refractivity contribution in [3.05, 3.63) is 65.5 Å². The summed E-state index contributed by atoms with van der Waals surface area (Å²) in [5.41, 5.74) is 2.24. The average Bonchev–Trinajstić information content (AvgIpc) is 3.16. The molecule has 0 radical (unpaired) electrons. The third kappa shape index (κ3) is 3.86. The molecule has 5 heteroatoms. The van der Waals surface area contributed by atoms with Gasteiger partial charge in [-0.25, -0.2) is 4.39 Å². The zero-order valence-corrected chi connectivity index (χ0v) is 15.7. The molecule has 0 aromatic heterocycles. The van der Waals surface area contributed by atoms with Crippen LogP contribution in [-0.4, -0.2) is 54.8 Å². The van der Waals surface area contributed by atoms with Gasteiger partial charge in [-0.05, 0) is 42.6 Å². The molecule has 3 atom stereocenters. The number of ether oxygens (including phenoxy) is 1. The second-order valence-electron chi connectivity index (χ2n) is 7.74. The normalized spacial score (nSPS) is 25.7. The monoisotopic (exact) mass is 370 g/mol. The molecule has 2 aromatic rings. The van der Waals surface area contributed by atoms with E-state index in [4.69, 9.17) is 9.84 Å². The van der Waals surface area contributed by atoms with Crippen LogP contribution in [0.4, 0.5) is 4.39 Å². The van der Waals surface area contributed by atoms with Crippen molar-refractivity contribution in [2.75, 3.05) is 39.9 Å². The molecule has 2 aliphatic heterocycles. The highest BCUT2D eigenvalue weighted by Gasteiger charge is 2.46. The highest BCUT2D eigenvalue weighted by atomic mass is 19.1. The molecular weight excluding hydrogens is 343 g/mol. The van der Waals surface area contributed by atoms with Crippen LogP contribution in [0, 0.1) is 17.7 Å². The summed E-state index contributed by atoms with van der Waals surface area (Å²) in [7, 11) is 2.15. The van der Waals surface area contributed by atoms with Gasteiger partial charge in [0.1, 0.15) is 18.2 Å². The molecule has 2 aliphatic rings. The summed E-state index contributed by atoms with van der Waals surface area (Å²) in [4.78, 5) is 4.86. The van der Waals surface area contributed by atoms with E-state index in [-0.39, 0.29) is 18.5 Å². The van der Waals surface area contributed by atoms with Crippen molar-refractivity contribution in [1.82, 2.24) is 9.80 Å². The Bertz CT molecular complexity index is 784. The molecule has 2 fully saturated rings. The maximum absolute atomic E-state index is 13.7. The van der Waals surface area contributed by atoms with Gasteiger partial charge in [-0.3, -0.25) is 9.80 Å². The summed E-state index contributed by atoms with van der Waals surface area (Å²) in [6.07, 6.45) is 0. The highest BCUT2D eigenvalue weighted by molar-refractivity contribution is 5.33. The molecule has 4 nitrogen and oxygen atoms in total. The molecule has 1 N–H and O–H groups in total. The van der Waals surface area contributed by atoms with Gasteiger partial charge < -0.3 is 9.84 Å². The molecule has 2 aromatic carbocycles. The summed E-state index contributed by atoms with van der Waals surface area (Å²) in [6.45, 7) is 4.28. The molecule has 144 valence electrons. The molecular formula is C22H27FN2O2. The summed E-state index contributed by atoms with van der Waals surface area (Å²) >= 11 is 0. The first kappa shape index (κ1) is 18.4. The second-order valence-corrected chi connectivity index (χ2v) is 7.74. The molecule has 0 amide bonds. The Labute approximate surface area is 160 Å². The molecule has 27 heavy (non-hydrogen) atoms. The van der Waals surface area contributed by atoms with Crippen molar-refractivity contribution in [2.24, 2.45) is 11.8 Å². The Morgan fingerprint density at radius 1 is 1.11 bits per heavy atom. The largest absolute Gasteiger partial charge is 0.491 e. The van der Waals surface area contributed by atoms with Crippen molar-refractivity contribution >= 4 is 0 Å². The number of fused-ring (bicyclic) bond motifs is 1. The number of hydrogen-bond donors (Lipinski definition) is 1. The zero-order chi connectivity index (χ0) is 18.8. The minimum Gasteiger partial charge on any atom is -0.491 e. The van der Waals surface area contributed by atoms with Crippen molar-refractivity contribution in [2.45, 2.75) is 12.6 Å². The lowest BCUT2D eigenvalue weighted by Crippen LogP contribution is -2.29. The maximum Gasteiger partial charge on any atom is 0.123 e. The number of nitrogens with zero attached hydrogens (tertiary/aromatic N) is 2. The van der Waals surface area contributed by atoms with Gasteiger partial charge in [-0.1, -0.05) is 30.3 Å². The van der Waals surface area contributed by atoms with E-state index in [0.717, 1.165) is 43.1 Å². The topological polar surface area (TPSA) is 35.9 Å². The van der Waals surface area contributed by atoms with Crippen molar-refractivity contribution < 1.29 is 14.2 Å². The van der Waals surface area contributed by atoms with Gasteiger partial charge in [0.25, 0.3) is 0 Å². The number of benzene rings is 2. The first-order valence-corrected chi connectivity index (χ1v) is 9.65. The van der Waals surface area contributed by atoms with E-state index in [0.29, 0.717) is 18.4 Å². The number of likely N-dealkylation sites (tertiary alicyclic amines) is 2. The summed E-state index contributed by atoms with van der Waals surface area (Å²) in [6, 6.07) is 15.4. The number of para-hydroxylation sites is 1. The lowest BCUT2D eigenvalue weighted by Gasteiger charge is -2.27. The Morgan fingerprint density at radius 3 is 2.78 bits per heavy atom. The zero-order valence-electron chi connectivity index (χ0n) is 15.7. The van der Waals surface area contributed by atoms with E-state index in [1.54, 1.807) is 6.07 Å². The summed E-state index contributed by atoms with van der Waals surface area (Å²) in [5, 5.41) is 9.03. The Morgan fingerprint density at radius 2 is 1.96 bits per heavy atom. The Balaban J connectivity index is 1.47. The maximum atomic E-state index is 13.7. The van der Waals surface area contributed by atoms with Gasteiger partial charge >= 0.3 is 0 Å². The van der Waals surface area contributed by atoms with Gasteiger partial charge in [-0.15, -0.1) is 0 Å². The lowest BCUT2D eigenvalue weighted by molar-refractivity contribution is 0.195. The van der Waals surface area contributed by atoms with Gasteiger partial charge in [0.15, 0.2) is 0 Å². The Kier molecular flexibility index (Phi) is 5.43. The Hall–Kier alpha value is -1.95. The fourth-order valence-electron chi connectivity index (χ4n) is 4.84. The van der Waals surface area contributed by atoms with E-state index >= 15 is 0 Å². The molecule has 2 saturated heterocycles. The van der Waals surface area contributed by atoms with E-state index in [1.807, 2.05) is 30.3 Å². The van der Waals surface area contributed by atoms with E-state index < -0.39 is 0 Å². The van der Waals surface area contributed by atoms with E-state index in [1.165, 1.54) is 6.07 Å². The number of halogens is 1. The smallest absolute Gasteiger partial charge is 0.123 e. The quantitative estimate of drug-likeness (QED) is 0.848. The van der Waals surface area contributed by atoms with Crippen LogP contribution >= 0.6 is 0 Å². The standard InChI is InChI=1S/C22H27FN2O2/c1-24-12-18-14-25(13-17-5-2-3-8-21(17)27-10-9-26)15-20(18)22(24)16-6-4-7-19(23)11-16/h2-8,11,18,20,22,26H,9-10,12-15H2,1H3/t18-,20+,22-/m0/s1. The first-order valence-electron chi connectivity index (χ1n) is 9.65. The molecule has 0 saturated carbocycles. The second kappa shape index (κ2) is 7.97. The molecule has 0 bridgehead atoms. The van der Waals surface area contributed by atoms with Gasteiger partial charge in [0, 0.05) is 37.8 Å². The summed E-state index contributed by atoms with van der Waals surface area (Å²) in [5.74, 6) is 1.81. The van der Waals surface area contributed by atoms with Crippen molar-refractivity contribution in [3.8, 4) is 5.75 Å². The van der Waals surface area contributed by atoms with Crippen LogP contribution in [0.5, 0.6) is 5.75 Å². The molecule has 0 aliphatic carbocycles. The van der Waals surface area contributed by atoms with Crippen molar-refractivity contribution in [3.63, 3.8) is 0 Å². The predicted octanol–water partition coefficient (Wildman–Crippen LogP) is 2.93. The number of aliphatic hydroxyl groups is 1. The van der Waals surface area contributed by atoms with E-state index in [9.17, 15) is 4.39 Å². The first-order chi connectivity index (χ1) is 13.2. The third-order valence-corrected chi connectivity index (χ3v) is 5.88. The van der Waals surface area contributed by atoms with Crippen molar-refractivity contribution in [1.29, 1.82) is 0 Å². The highest BCUT2D eigenvalue weighted by Crippen LogP contribution is 2.44. The molecule has 0 spiro atoms. The minimum absolute atomic E-state index is 0.0177. The van der Waals surface area contributed by atoms with Crippen LogP contribution in [0.15, 0.2) is 48.5 Å². The van der Waals surface area contributed by atoms with Crippen LogP contribution in [-0.2, 0) is 6.54 Å². The van der Waals surface area contributed by atoms with Gasteiger partial charge in [0.05, 0.1) is 6.61 Å². The van der Waals surface area contributed by atoms with E-state index in [2.05, 4.69) is 22.9 Å². The molecule has 0 unspecified atom stereocenters. The average molecular weight is 370 g/mol. The fraction of sp³-hybridized carbons (Fsp3) is 0.455. The third-order valence-electron chi connectivity index (χ3n) is 5.88. The van der Waals surface area contributed by atoms with Gasteiger partial charge in [-0.2, -0.15) is 0 Å². The molecule has 2 heterocycles. The SMILES string of the molecule is CN1C[C@H]2CN(Cc3ccccc3OCCO)C[C@H]2[C@@H]1c1cccc(F)c1. The summed E-state index contributed by atoms with van der Waals surface area (Å²) < 4.78 is 19.4. The van der Waals surface area contributed by atoms with Crippen LogP contribution in [0.2, 0.25) is 0 Å². The number of aliphatic hydroxyl groups excluding tert-OH is 1. The number of hydrogen-bond acceptors (Lipinski definition) is 4. The van der Waals surface area contributed by atoms with Crippen LogP contribution < -0.4 is 4.74 Å². The predicted molar refractivity (Wildman–Crippen MR) is 103 cm³/mol. The minimum atomic E-state index is -0.158. The fourth-order valence-corrected chi connectivity index (χ4v) is 4.84. The van der Waals surface area contributed by atoms with Crippen LogP contribution in [0.25, 0.3) is 0 Å².